The maximum absolute atomic E-state index is 12.1. The number of carbonyl (C=O) groups is 2. The van der Waals surface area contributed by atoms with Crippen molar-refractivity contribution in [2.24, 2.45) is 0 Å². The molecule has 2 rings (SSSR count). The maximum Gasteiger partial charge on any atom is 0.338 e. The number of thioether (sulfide) groups is 1. The van der Waals surface area contributed by atoms with Gasteiger partial charge in [0.1, 0.15) is 11.1 Å². The average Bonchev–Trinajstić information content (AvgIpc) is 2.60. The van der Waals surface area contributed by atoms with Crippen LogP contribution in [0.1, 0.15) is 34.1 Å². The summed E-state index contributed by atoms with van der Waals surface area (Å²) in [7, 11) is 0. The number of amides is 1. The van der Waals surface area contributed by atoms with Gasteiger partial charge in [-0.05, 0) is 56.7 Å². The number of esters is 1. The van der Waals surface area contributed by atoms with E-state index in [1.54, 1.807) is 31.2 Å². The molecule has 26 heavy (non-hydrogen) atoms. The van der Waals surface area contributed by atoms with Gasteiger partial charge in [-0.15, -0.1) is 0 Å². The number of nitrogens with zero attached hydrogens (tertiary/aromatic N) is 2. The van der Waals surface area contributed by atoms with Gasteiger partial charge >= 0.3 is 5.97 Å². The molecule has 2 aromatic rings. The molecule has 1 aromatic heterocycles. The molecule has 134 valence electrons. The molecular weight excluding hydrogens is 350 g/mol. The summed E-state index contributed by atoms with van der Waals surface area (Å²) in [5.41, 5.74) is 3.15. The molecule has 7 heteroatoms. The minimum atomic E-state index is -0.397. The SMILES string of the molecule is CCOC(=O)c1ccc(NC(=O)CSc2nc(C)cc(C)c2C#N)cc1. The Balaban J connectivity index is 1.98. The fourth-order valence-electron chi connectivity index (χ4n) is 2.28. The predicted octanol–water partition coefficient (Wildman–Crippen LogP) is 3.48. The van der Waals surface area contributed by atoms with Gasteiger partial charge in [-0.25, -0.2) is 9.78 Å². The average molecular weight is 369 g/mol. The zero-order chi connectivity index (χ0) is 19.1. The zero-order valence-corrected chi connectivity index (χ0v) is 15.6. The molecule has 0 atom stereocenters. The van der Waals surface area contributed by atoms with Crippen molar-refractivity contribution in [1.82, 2.24) is 4.98 Å². The third-order valence-electron chi connectivity index (χ3n) is 3.44. The van der Waals surface area contributed by atoms with E-state index in [1.165, 1.54) is 11.8 Å². The Labute approximate surface area is 156 Å². The van der Waals surface area contributed by atoms with Gasteiger partial charge in [-0.3, -0.25) is 4.79 Å². The second-order valence-corrected chi connectivity index (χ2v) is 6.47. The lowest BCUT2D eigenvalue weighted by molar-refractivity contribution is -0.113. The first-order chi connectivity index (χ1) is 12.4. The molecule has 0 spiro atoms. The van der Waals surface area contributed by atoms with Crippen molar-refractivity contribution in [3.05, 3.63) is 52.7 Å². The quantitative estimate of drug-likeness (QED) is 0.619. The van der Waals surface area contributed by atoms with E-state index in [1.807, 2.05) is 19.9 Å². The van der Waals surface area contributed by atoms with E-state index in [0.29, 0.717) is 28.4 Å². The Hall–Kier alpha value is -2.85. The lowest BCUT2D eigenvalue weighted by Gasteiger charge is -2.08. The third kappa shape index (κ3) is 5.07. The van der Waals surface area contributed by atoms with Crippen LogP contribution in [0, 0.1) is 25.2 Å². The van der Waals surface area contributed by atoms with E-state index >= 15 is 0 Å². The Bertz CT molecular complexity index is 858. The number of aromatic nitrogens is 1. The maximum atomic E-state index is 12.1. The van der Waals surface area contributed by atoms with Crippen LogP contribution in [0.5, 0.6) is 0 Å². The standard InChI is InChI=1S/C19H19N3O3S/c1-4-25-19(24)14-5-7-15(8-6-14)22-17(23)11-26-18-16(10-20)12(2)9-13(3)21-18/h5-9H,4,11H2,1-3H3,(H,22,23). The number of benzene rings is 1. The number of anilines is 1. The number of nitrogens with one attached hydrogen (secondary N) is 1. The number of hydrogen-bond acceptors (Lipinski definition) is 6. The van der Waals surface area contributed by atoms with Crippen molar-refractivity contribution in [1.29, 1.82) is 5.26 Å². The molecule has 0 aliphatic heterocycles. The molecule has 0 aliphatic rings. The van der Waals surface area contributed by atoms with Gasteiger partial charge < -0.3 is 10.1 Å². The summed E-state index contributed by atoms with van der Waals surface area (Å²) in [4.78, 5) is 28.1. The molecule has 1 N–H and O–H groups in total. The summed E-state index contributed by atoms with van der Waals surface area (Å²) in [5, 5.41) is 12.6. The topological polar surface area (TPSA) is 92.1 Å². The van der Waals surface area contributed by atoms with Crippen LogP contribution in [0.3, 0.4) is 0 Å². The van der Waals surface area contributed by atoms with Crippen LogP contribution in [0.15, 0.2) is 35.4 Å². The fourth-order valence-corrected chi connectivity index (χ4v) is 3.18. The monoisotopic (exact) mass is 369 g/mol. The molecule has 6 nitrogen and oxygen atoms in total. The van der Waals surface area contributed by atoms with Crippen molar-refractivity contribution in [3.63, 3.8) is 0 Å². The van der Waals surface area contributed by atoms with Gasteiger partial charge in [-0.2, -0.15) is 5.26 Å². The van der Waals surface area contributed by atoms with E-state index < -0.39 is 5.97 Å². The molecular formula is C19H19N3O3S. The Kier molecular flexibility index (Phi) is 6.75. The summed E-state index contributed by atoms with van der Waals surface area (Å²) in [6.45, 7) is 5.75. The molecule has 0 bridgehead atoms. The summed E-state index contributed by atoms with van der Waals surface area (Å²) in [5.74, 6) is -0.487. The van der Waals surface area contributed by atoms with Crippen LogP contribution in [0.2, 0.25) is 0 Å². The van der Waals surface area contributed by atoms with Crippen molar-refractivity contribution in [2.75, 3.05) is 17.7 Å². The van der Waals surface area contributed by atoms with Gasteiger partial charge in [0, 0.05) is 11.4 Å². The lowest BCUT2D eigenvalue weighted by Crippen LogP contribution is -2.14. The first kappa shape index (κ1) is 19.5. The molecule has 0 fully saturated rings. The Morgan fingerprint density at radius 2 is 1.96 bits per heavy atom. The van der Waals surface area contributed by atoms with Crippen LogP contribution < -0.4 is 5.32 Å². The number of aryl methyl sites for hydroxylation is 2. The van der Waals surface area contributed by atoms with Crippen molar-refractivity contribution >= 4 is 29.3 Å². The minimum absolute atomic E-state index is 0.129. The van der Waals surface area contributed by atoms with Gasteiger partial charge in [0.2, 0.25) is 5.91 Å². The third-order valence-corrected chi connectivity index (χ3v) is 4.42. The van der Waals surface area contributed by atoms with Crippen LogP contribution in [0.25, 0.3) is 0 Å². The Morgan fingerprint density at radius 1 is 1.27 bits per heavy atom. The zero-order valence-electron chi connectivity index (χ0n) is 14.8. The van der Waals surface area contributed by atoms with Gasteiger partial charge in [-0.1, -0.05) is 11.8 Å². The first-order valence-electron chi connectivity index (χ1n) is 8.02. The number of hydrogen-bond donors (Lipinski definition) is 1. The minimum Gasteiger partial charge on any atom is -0.462 e. The van der Waals surface area contributed by atoms with Crippen LogP contribution >= 0.6 is 11.8 Å². The predicted molar refractivity (Wildman–Crippen MR) is 100 cm³/mol. The molecule has 0 aliphatic carbocycles. The summed E-state index contributed by atoms with van der Waals surface area (Å²) < 4.78 is 4.91. The number of nitriles is 1. The number of pyridine rings is 1. The largest absolute Gasteiger partial charge is 0.462 e. The summed E-state index contributed by atoms with van der Waals surface area (Å²) in [6.07, 6.45) is 0. The van der Waals surface area contributed by atoms with Gasteiger partial charge in [0.15, 0.2) is 0 Å². The smallest absolute Gasteiger partial charge is 0.338 e. The highest BCUT2D eigenvalue weighted by Gasteiger charge is 2.12. The fraction of sp³-hybridized carbons (Fsp3) is 0.263. The lowest BCUT2D eigenvalue weighted by atomic mass is 10.1. The highest BCUT2D eigenvalue weighted by atomic mass is 32.2. The van der Waals surface area contributed by atoms with E-state index in [9.17, 15) is 14.9 Å². The van der Waals surface area contributed by atoms with Crippen LogP contribution in [-0.2, 0) is 9.53 Å². The second-order valence-electron chi connectivity index (χ2n) is 5.51. The normalized spacial score (nSPS) is 10.1. The van der Waals surface area contributed by atoms with Gasteiger partial charge in [0.25, 0.3) is 0 Å². The summed E-state index contributed by atoms with van der Waals surface area (Å²) in [6, 6.07) is 10.5. The number of carbonyl (C=O) groups excluding carboxylic acids is 2. The van der Waals surface area contributed by atoms with Gasteiger partial charge in [0.05, 0.1) is 23.5 Å². The van der Waals surface area contributed by atoms with E-state index in [4.69, 9.17) is 4.74 Å². The van der Waals surface area contributed by atoms with E-state index in [0.717, 1.165) is 11.3 Å². The molecule has 1 aromatic carbocycles. The van der Waals surface area contributed by atoms with Crippen molar-refractivity contribution in [2.45, 2.75) is 25.8 Å². The molecule has 0 unspecified atom stereocenters. The number of ether oxygens (including phenoxy) is 1. The van der Waals surface area contributed by atoms with Crippen molar-refractivity contribution < 1.29 is 14.3 Å². The molecule has 0 radical (unpaired) electrons. The Morgan fingerprint density at radius 3 is 2.58 bits per heavy atom. The van der Waals surface area contributed by atoms with E-state index in [-0.39, 0.29) is 11.7 Å². The second kappa shape index (κ2) is 9.02. The highest BCUT2D eigenvalue weighted by molar-refractivity contribution is 8.00. The number of rotatable bonds is 6. The molecule has 0 saturated heterocycles. The highest BCUT2D eigenvalue weighted by Crippen LogP contribution is 2.23. The first-order valence-corrected chi connectivity index (χ1v) is 9.01. The molecule has 0 saturated carbocycles. The van der Waals surface area contributed by atoms with Crippen LogP contribution in [-0.4, -0.2) is 29.2 Å². The summed E-state index contributed by atoms with van der Waals surface area (Å²) >= 11 is 1.22. The molecule has 1 heterocycles. The molecule has 1 amide bonds. The van der Waals surface area contributed by atoms with E-state index in [2.05, 4.69) is 16.4 Å². The van der Waals surface area contributed by atoms with Crippen LogP contribution in [0.4, 0.5) is 5.69 Å². The van der Waals surface area contributed by atoms with Crippen molar-refractivity contribution in [3.8, 4) is 6.07 Å².